The molecule has 2 aliphatic rings. The van der Waals surface area contributed by atoms with Crippen LogP contribution in [-0.2, 0) is 10.8 Å². The van der Waals surface area contributed by atoms with Crippen molar-refractivity contribution in [3.8, 4) is 39.4 Å². The van der Waals surface area contributed by atoms with Gasteiger partial charge in [0, 0.05) is 50.0 Å². The zero-order valence-electron chi connectivity index (χ0n) is 41.2. The third-order valence-corrected chi connectivity index (χ3v) is 16.5. The molecular formula is C68H54N4. The second-order valence-corrected chi connectivity index (χ2v) is 19.4. The van der Waals surface area contributed by atoms with Crippen molar-refractivity contribution in [3.63, 3.8) is 0 Å². The van der Waals surface area contributed by atoms with Crippen LogP contribution < -0.4 is 9.80 Å². The number of rotatable bonds is 11. The summed E-state index contributed by atoms with van der Waals surface area (Å²) in [6, 6.07) is 77.1. The van der Waals surface area contributed by atoms with E-state index in [1.807, 2.05) is 24.3 Å². The highest BCUT2D eigenvalue weighted by Gasteiger charge is 2.42. The monoisotopic (exact) mass is 926 g/mol. The molecule has 346 valence electrons. The van der Waals surface area contributed by atoms with E-state index >= 15 is 0 Å². The van der Waals surface area contributed by atoms with Crippen molar-refractivity contribution < 1.29 is 0 Å². The maximum atomic E-state index is 9.93. The molecule has 0 radical (unpaired) electrons. The number of fused-ring (bicyclic) bond motifs is 8. The average molecular weight is 927 g/mol. The highest BCUT2D eigenvalue weighted by atomic mass is 15.2. The maximum Gasteiger partial charge on any atom is 0.187 e. The van der Waals surface area contributed by atoms with Gasteiger partial charge >= 0.3 is 0 Å². The largest absolute Gasteiger partial charge is 0.311 e. The first kappa shape index (κ1) is 44.5. The zero-order chi connectivity index (χ0) is 49.1. The summed E-state index contributed by atoms with van der Waals surface area (Å²) in [6.45, 7) is 17.0. The average Bonchev–Trinajstić information content (AvgIpc) is 3.90. The van der Waals surface area contributed by atoms with Gasteiger partial charge in [0.05, 0.1) is 23.9 Å². The predicted molar refractivity (Wildman–Crippen MR) is 301 cm³/mol. The van der Waals surface area contributed by atoms with Crippen LogP contribution in [0.15, 0.2) is 206 Å². The molecule has 0 amide bonds. The van der Waals surface area contributed by atoms with Crippen LogP contribution in [0.5, 0.6) is 0 Å². The van der Waals surface area contributed by atoms with Crippen LogP contribution in [0.4, 0.5) is 39.8 Å². The number of hydrogen-bond acceptors (Lipinski definition) is 3. The van der Waals surface area contributed by atoms with Gasteiger partial charge in [-0.1, -0.05) is 161 Å². The first-order valence-corrected chi connectivity index (χ1v) is 25.5. The van der Waals surface area contributed by atoms with E-state index < -0.39 is 0 Å². The molecule has 2 aliphatic carbocycles. The van der Waals surface area contributed by atoms with Crippen LogP contribution >= 0.6 is 0 Å². The Morgan fingerprint density at radius 3 is 1.28 bits per heavy atom. The molecule has 4 heteroatoms. The standard InChI is InChI=1S/C68H54N4/c1-6-67(7-2)61-24-16-14-18-53(61)55-40-38-51(42-63(55)67)71(49-36-30-47(70-5)31-37-49)48-34-28-46(29-35-48)65-57-20-10-12-22-59(57)66(60-23-13-11-21-58(60)65)72(50-32-26-45(44-69)27-33-50)52-39-41-56-54-19-15-17-25-62(54)68(8-3,9-4)64(56)43-52/h10-43H,6-9H2,1-4H3. The van der Waals surface area contributed by atoms with Gasteiger partial charge in [-0.2, -0.15) is 5.26 Å². The highest BCUT2D eigenvalue weighted by molar-refractivity contribution is 6.22. The first-order valence-electron chi connectivity index (χ1n) is 25.5. The lowest BCUT2D eigenvalue weighted by Crippen LogP contribution is -2.23. The van der Waals surface area contributed by atoms with Gasteiger partial charge in [-0.25, -0.2) is 4.85 Å². The molecule has 0 aromatic heterocycles. The van der Waals surface area contributed by atoms with E-state index in [9.17, 15) is 5.26 Å². The van der Waals surface area contributed by atoms with E-state index in [2.05, 4.69) is 230 Å². The third kappa shape index (κ3) is 6.63. The molecular weight excluding hydrogens is 873 g/mol. The maximum absolute atomic E-state index is 9.93. The second-order valence-electron chi connectivity index (χ2n) is 19.4. The van der Waals surface area contributed by atoms with Gasteiger partial charge in [0.2, 0.25) is 0 Å². The summed E-state index contributed by atoms with van der Waals surface area (Å²) in [5.74, 6) is 0. The Labute approximate surface area is 423 Å². The Morgan fingerprint density at radius 1 is 0.417 bits per heavy atom. The summed E-state index contributed by atoms with van der Waals surface area (Å²) in [7, 11) is 0. The van der Waals surface area contributed by atoms with E-state index in [4.69, 9.17) is 6.57 Å². The fourth-order valence-electron chi connectivity index (χ4n) is 12.8. The summed E-state index contributed by atoms with van der Waals surface area (Å²) in [4.78, 5) is 8.50. The summed E-state index contributed by atoms with van der Waals surface area (Å²) in [5.41, 5.74) is 20.5. The van der Waals surface area contributed by atoms with Gasteiger partial charge in [-0.3, -0.25) is 0 Å². The Kier molecular flexibility index (Phi) is 10.9. The molecule has 0 heterocycles. The molecule has 0 N–H and O–H groups in total. The molecule has 0 spiro atoms. The Balaban J connectivity index is 1.03. The topological polar surface area (TPSA) is 34.6 Å². The number of anilines is 6. The van der Waals surface area contributed by atoms with Crippen molar-refractivity contribution in [1.82, 2.24) is 0 Å². The van der Waals surface area contributed by atoms with Gasteiger partial charge < -0.3 is 9.80 Å². The number of benzene rings is 10. The molecule has 10 aromatic rings. The lowest BCUT2D eigenvalue weighted by atomic mass is 9.74. The van der Waals surface area contributed by atoms with Gasteiger partial charge in [-0.15, -0.1) is 0 Å². The molecule has 0 aliphatic heterocycles. The number of hydrogen-bond donors (Lipinski definition) is 0. The van der Waals surface area contributed by atoms with Gasteiger partial charge in [0.1, 0.15) is 0 Å². The molecule has 0 bridgehead atoms. The van der Waals surface area contributed by atoms with Crippen molar-refractivity contribution in [2.24, 2.45) is 0 Å². The highest BCUT2D eigenvalue weighted by Crippen LogP contribution is 2.57. The number of nitriles is 1. The van der Waals surface area contributed by atoms with Crippen molar-refractivity contribution in [2.75, 3.05) is 9.80 Å². The smallest absolute Gasteiger partial charge is 0.187 e. The fraction of sp³-hybridized carbons (Fsp3) is 0.147. The minimum atomic E-state index is -0.1000. The quantitative estimate of drug-likeness (QED) is 0.0957. The minimum Gasteiger partial charge on any atom is -0.311 e. The molecule has 12 rings (SSSR count). The minimum absolute atomic E-state index is 0.0721. The Bertz CT molecular complexity index is 3770. The van der Waals surface area contributed by atoms with Crippen molar-refractivity contribution in [3.05, 3.63) is 245 Å². The summed E-state index contributed by atoms with van der Waals surface area (Å²) < 4.78 is 0. The molecule has 0 unspecified atom stereocenters. The Hall–Kier alpha value is -8.70. The molecule has 72 heavy (non-hydrogen) atoms. The normalized spacial score (nSPS) is 13.4. The summed E-state index contributed by atoms with van der Waals surface area (Å²) in [6.07, 6.45) is 4.02. The van der Waals surface area contributed by atoms with Crippen molar-refractivity contribution >= 4 is 61.4 Å². The predicted octanol–water partition coefficient (Wildman–Crippen LogP) is 19.2. The molecule has 0 fully saturated rings. The lowest BCUT2D eigenvalue weighted by Gasteiger charge is -2.33. The summed E-state index contributed by atoms with van der Waals surface area (Å²) >= 11 is 0. The molecule has 10 aromatic carbocycles. The van der Waals surface area contributed by atoms with E-state index in [0.717, 1.165) is 86.9 Å². The van der Waals surface area contributed by atoms with Crippen LogP contribution in [0.3, 0.4) is 0 Å². The zero-order valence-corrected chi connectivity index (χ0v) is 41.2. The molecule has 4 nitrogen and oxygen atoms in total. The van der Waals surface area contributed by atoms with E-state index in [-0.39, 0.29) is 10.8 Å². The number of nitrogens with zero attached hydrogens (tertiary/aromatic N) is 4. The van der Waals surface area contributed by atoms with Gasteiger partial charge in [-0.05, 0) is 165 Å². The summed E-state index contributed by atoms with van der Waals surface area (Å²) in [5, 5.41) is 14.5. The Morgan fingerprint density at radius 2 is 0.806 bits per heavy atom. The van der Waals surface area contributed by atoms with Crippen LogP contribution in [-0.4, -0.2) is 0 Å². The van der Waals surface area contributed by atoms with Crippen molar-refractivity contribution in [1.29, 1.82) is 5.26 Å². The SMILES string of the molecule is [C-]#[N+]c1ccc(N(c2ccc(-c3c4ccccc4c(N(c4ccc(C#N)cc4)c4ccc5c(c4)C(CC)(CC)c4ccccc4-5)c4ccccc34)cc2)c2ccc3c(c2)C(CC)(CC)c2ccccc2-3)cc1. The lowest BCUT2D eigenvalue weighted by molar-refractivity contribution is 0.490. The van der Waals surface area contributed by atoms with E-state index in [1.165, 1.54) is 50.1 Å². The van der Waals surface area contributed by atoms with Gasteiger partial charge in [0.15, 0.2) is 5.69 Å². The molecule has 0 atom stereocenters. The van der Waals surface area contributed by atoms with Crippen molar-refractivity contribution in [2.45, 2.75) is 64.2 Å². The van der Waals surface area contributed by atoms with Crippen LogP contribution in [0.2, 0.25) is 0 Å². The molecule has 0 saturated carbocycles. The fourth-order valence-corrected chi connectivity index (χ4v) is 12.8. The van der Waals surface area contributed by atoms with E-state index in [0.29, 0.717) is 11.3 Å². The van der Waals surface area contributed by atoms with Gasteiger partial charge in [0.25, 0.3) is 0 Å². The first-order chi connectivity index (χ1) is 35.4. The third-order valence-electron chi connectivity index (χ3n) is 16.5. The van der Waals surface area contributed by atoms with E-state index in [1.54, 1.807) is 0 Å². The van der Waals surface area contributed by atoms with Crippen LogP contribution in [0.25, 0.3) is 59.8 Å². The van der Waals surface area contributed by atoms with Crippen LogP contribution in [0, 0.1) is 17.9 Å². The van der Waals surface area contributed by atoms with Crippen LogP contribution in [0.1, 0.15) is 81.2 Å². The second kappa shape index (κ2) is 17.6. The molecule has 0 saturated heterocycles.